The summed E-state index contributed by atoms with van der Waals surface area (Å²) in [7, 11) is 0. The van der Waals surface area contributed by atoms with Crippen LogP contribution in [0.5, 0.6) is 0 Å². The van der Waals surface area contributed by atoms with Gasteiger partial charge in [-0.15, -0.1) is 0 Å². The number of fused-ring (bicyclic) bond motifs is 1. The summed E-state index contributed by atoms with van der Waals surface area (Å²) in [6.45, 7) is 7.11. The van der Waals surface area contributed by atoms with Crippen LogP contribution >= 0.6 is 11.8 Å². The Kier molecular flexibility index (Phi) is 3.15. The normalized spacial score (nSPS) is 30.1. The van der Waals surface area contributed by atoms with Crippen LogP contribution in [0.15, 0.2) is 4.99 Å². The van der Waals surface area contributed by atoms with Crippen LogP contribution in [0.25, 0.3) is 0 Å². The minimum atomic E-state index is -0.427. The maximum Gasteiger partial charge on any atom is 0.410 e. The first-order valence-corrected chi connectivity index (χ1v) is 7.77. The number of amidine groups is 1. The number of thioether (sulfide) groups is 1. The van der Waals surface area contributed by atoms with Gasteiger partial charge in [-0.05, 0) is 33.6 Å². The predicted molar refractivity (Wildman–Crippen MR) is 76.6 cm³/mol. The fraction of sp³-hybridized carbons (Fsp3) is 0.846. The fourth-order valence-electron chi connectivity index (χ4n) is 2.27. The van der Waals surface area contributed by atoms with Gasteiger partial charge in [0.15, 0.2) is 5.17 Å². The Morgan fingerprint density at radius 1 is 1.42 bits per heavy atom. The summed E-state index contributed by atoms with van der Waals surface area (Å²) in [5, 5.41) is 4.91. The SMILES string of the molecule is CC(C)(C)OC(=O)N1C[C@@H]2N=C(NC3CC3)S[C@@H]2C1. The standard InChI is InChI=1S/C13H21N3O2S/c1-13(2,3)18-12(17)16-6-9-10(7-16)19-11(15-9)14-8-4-5-8/h8-10H,4-7H2,1-3H3,(H,14,15)/t9-,10+/m0/s1. The van der Waals surface area contributed by atoms with Crippen LogP contribution in [0.2, 0.25) is 0 Å². The molecule has 0 aromatic heterocycles. The molecule has 0 bridgehead atoms. The molecule has 2 fully saturated rings. The first kappa shape index (κ1) is 13.1. The van der Waals surface area contributed by atoms with Crippen molar-refractivity contribution in [2.45, 2.75) is 56.5 Å². The summed E-state index contributed by atoms with van der Waals surface area (Å²) in [6.07, 6.45) is 2.31. The number of rotatable bonds is 1. The molecule has 3 aliphatic rings. The fourth-order valence-corrected chi connectivity index (χ4v) is 3.55. The number of carbonyl (C=O) groups is 1. The van der Waals surface area contributed by atoms with E-state index >= 15 is 0 Å². The average Bonchev–Trinajstić information content (AvgIpc) is 2.83. The molecule has 0 spiro atoms. The summed E-state index contributed by atoms with van der Waals surface area (Å²) in [6, 6.07) is 0.880. The Hall–Kier alpha value is -0.910. The second-order valence-electron chi connectivity index (χ2n) is 6.46. The number of nitrogens with one attached hydrogen (secondary N) is 1. The molecule has 3 rings (SSSR count). The summed E-state index contributed by atoms with van der Waals surface area (Å²) < 4.78 is 5.40. The molecule has 1 aliphatic carbocycles. The highest BCUT2D eigenvalue weighted by molar-refractivity contribution is 8.14. The molecule has 2 atom stereocenters. The molecule has 0 radical (unpaired) electrons. The van der Waals surface area contributed by atoms with Gasteiger partial charge in [-0.2, -0.15) is 0 Å². The Labute approximate surface area is 118 Å². The zero-order chi connectivity index (χ0) is 13.6. The molecule has 5 nitrogen and oxygen atoms in total. The minimum Gasteiger partial charge on any atom is -0.444 e. The van der Waals surface area contributed by atoms with E-state index in [9.17, 15) is 4.79 Å². The van der Waals surface area contributed by atoms with Crippen LogP contribution in [0, 0.1) is 0 Å². The molecule has 1 N–H and O–H groups in total. The second kappa shape index (κ2) is 4.58. The Bertz CT molecular complexity index is 415. The quantitative estimate of drug-likeness (QED) is 0.797. The lowest BCUT2D eigenvalue weighted by Crippen LogP contribution is -2.36. The van der Waals surface area contributed by atoms with E-state index in [1.54, 1.807) is 16.7 Å². The number of likely N-dealkylation sites (tertiary alicyclic amines) is 1. The van der Waals surface area contributed by atoms with Crippen LogP contribution in [0.3, 0.4) is 0 Å². The minimum absolute atomic E-state index is 0.214. The van der Waals surface area contributed by atoms with Gasteiger partial charge in [0.2, 0.25) is 0 Å². The van der Waals surface area contributed by atoms with E-state index in [0.29, 0.717) is 17.8 Å². The number of carbonyl (C=O) groups excluding carboxylic acids is 1. The smallest absolute Gasteiger partial charge is 0.410 e. The van der Waals surface area contributed by atoms with Gasteiger partial charge in [0.25, 0.3) is 0 Å². The Morgan fingerprint density at radius 3 is 2.74 bits per heavy atom. The molecular formula is C13H21N3O2S. The molecule has 0 aromatic carbocycles. The third kappa shape index (κ3) is 3.16. The van der Waals surface area contributed by atoms with Crippen LogP contribution in [-0.2, 0) is 4.74 Å². The van der Waals surface area contributed by atoms with Crippen molar-refractivity contribution < 1.29 is 9.53 Å². The molecule has 0 unspecified atom stereocenters. The maximum atomic E-state index is 12.0. The third-order valence-electron chi connectivity index (χ3n) is 3.34. The Balaban J connectivity index is 1.54. The number of aliphatic imine (C=N–C) groups is 1. The molecule has 1 saturated carbocycles. The van der Waals surface area contributed by atoms with Gasteiger partial charge >= 0.3 is 6.09 Å². The molecular weight excluding hydrogens is 262 g/mol. The van der Waals surface area contributed by atoms with Crippen LogP contribution in [-0.4, -0.2) is 52.2 Å². The van der Waals surface area contributed by atoms with Crippen molar-refractivity contribution in [3.05, 3.63) is 0 Å². The highest BCUT2D eigenvalue weighted by Gasteiger charge is 2.42. The largest absolute Gasteiger partial charge is 0.444 e. The summed E-state index contributed by atoms with van der Waals surface area (Å²) in [4.78, 5) is 18.5. The van der Waals surface area contributed by atoms with Crippen molar-refractivity contribution in [3.8, 4) is 0 Å². The highest BCUT2D eigenvalue weighted by Crippen LogP contribution is 2.34. The number of nitrogens with zero attached hydrogens (tertiary/aromatic N) is 2. The predicted octanol–water partition coefficient (Wildman–Crippen LogP) is 1.83. The van der Waals surface area contributed by atoms with Crippen LogP contribution in [0.4, 0.5) is 4.79 Å². The second-order valence-corrected chi connectivity index (χ2v) is 7.69. The number of ether oxygens (including phenoxy) is 1. The van der Waals surface area contributed by atoms with Gasteiger partial charge < -0.3 is 15.0 Å². The molecule has 106 valence electrons. The maximum absolute atomic E-state index is 12.0. The molecule has 1 saturated heterocycles. The summed E-state index contributed by atoms with van der Waals surface area (Å²) in [5.41, 5.74) is -0.427. The molecule has 2 aliphatic heterocycles. The monoisotopic (exact) mass is 283 g/mol. The van der Waals surface area contributed by atoms with E-state index in [-0.39, 0.29) is 12.1 Å². The van der Waals surface area contributed by atoms with Crippen molar-refractivity contribution in [1.29, 1.82) is 0 Å². The van der Waals surface area contributed by atoms with E-state index in [0.717, 1.165) is 11.7 Å². The first-order chi connectivity index (χ1) is 8.90. The molecule has 6 heteroatoms. The molecule has 0 aromatic rings. The Morgan fingerprint density at radius 2 is 2.16 bits per heavy atom. The lowest BCUT2D eigenvalue weighted by molar-refractivity contribution is 0.0293. The number of amides is 1. The first-order valence-electron chi connectivity index (χ1n) is 6.90. The van der Waals surface area contributed by atoms with Crippen LogP contribution in [0.1, 0.15) is 33.6 Å². The van der Waals surface area contributed by atoms with Crippen molar-refractivity contribution in [1.82, 2.24) is 10.2 Å². The van der Waals surface area contributed by atoms with Crippen molar-refractivity contribution in [2.24, 2.45) is 4.99 Å². The van der Waals surface area contributed by atoms with Crippen molar-refractivity contribution >= 4 is 23.0 Å². The topological polar surface area (TPSA) is 53.9 Å². The number of hydrogen-bond acceptors (Lipinski definition) is 5. The van der Waals surface area contributed by atoms with Crippen molar-refractivity contribution in [3.63, 3.8) is 0 Å². The zero-order valence-electron chi connectivity index (χ0n) is 11.7. The summed E-state index contributed by atoms with van der Waals surface area (Å²) in [5.74, 6) is 0. The van der Waals surface area contributed by atoms with Gasteiger partial charge in [-0.1, -0.05) is 11.8 Å². The molecule has 19 heavy (non-hydrogen) atoms. The van der Waals surface area contributed by atoms with E-state index < -0.39 is 5.60 Å². The van der Waals surface area contributed by atoms with Gasteiger partial charge in [-0.25, -0.2) is 4.79 Å². The zero-order valence-corrected chi connectivity index (χ0v) is 12.5. The summed E-state index contributed by atoms with van der Waals surface area (Å²) >= 11 is 1.78. The van der Waals surface area contributed by atoms with Gasteiger partial charge in [-0.3, -0.25) is 4.99 Å². The van der Waals surface area contributed by atoms with Gasteiger partial charge in [0, 0.05) is 19.1 Å². The van der Waals surface area contributed by atoms with E-state index in [2.05, 4.69) is 10.3 Å². The van der Waals surface area contributed by atoms with Crippen molar-refractivity contribution in [2.75, 3.05) is 13.1 Å². The van der Waals surface area contributed by atoms with Gasteiger partial charge in [0.05, 0.1) is 11.3 Å². The average molecular weight is 283 g/mol. The van der Waals surface area contributed by atoms with Crippen LogP contribution < -0.4 is 5.32 Å². The van der Waals surface area contributed by atoms with E-state index in [4.69, 9.17) is 4.74 Å². The highest BCUT2D eigenvalue weighted by atomic mass is 32.2. The third-order valence-corrected chi connectivity index (χ3v) is 4.55. The van der Waals surface area contributed by atoms with E-state index in [1.165, 1.54) is 12.8 Å². The lowest BCUT2D eigenvalue weighted by Gasteiger charge is -2.24. The van der Waals surface area contributed by atoms with Gasteiger partial charge in [0.1, 0.15) is 5.60 Å². The number of hydrogen-bond donors (Lipinski definition) is 1. The molecule has 1 amide bonds. The molecule has 2 heterocycles. The van der Waals surface area contributed by atoms with E-state index in [1.807, 2.05) is 20.8 Å². The lowest BCUT2D eigenvalue weighted by atomic mass is 10.2.